The number of amidine groups is 1. The summed E-state index contributed by atoms with van der Waals surface area (Å²) >= 11 is 0. The molecule has 0 amide bonds. The maximum absolute atomic E-state index is 12.4. The van der Waals surface area contributed by atoms with Gasteiger partial charge in [0.15, 0.2) is 23.6 Å². The van der Waals surface area contributed by atoms with Crippen LogP contribution in [0.2, 0.25) is 22.2 Å². The van der Waals surface area contributed by atoms with Gasteiger partial charge in [0.1, 0.15) is 18.0 Å². The number of hydrogen-bond donors (Lipinski definition) is 3. The zero-order valence-corrected chi connectivity index (χ0v) is 26.8. The first-order chi connectivity index (χ1) is 18.7. The standard InChI is InChI=1S/C26H42N6O6Si2/c1-13(2)39(14(3)4)34-11-19-21(37-40(38-39,15(5)6)16(7)8)22(35-17(9)33)26(36-19)32-10-18(23(27)28)20-24(29)30-12-31-25(20)32/h10,12-16,19,21H,11H2,1-9H3,(H3,27,28)(H2,29,30,31). The van der Waals surface area contributed by atoms with Crippen LogP contribution in [0.1, 0.15) is 67.9 Å². The van der Waals surface area contributed by atoms with Crippen molar-refractivity contribution < 1.29 is 27.2 Å². The molecule has 0 aliphatic carbocycles. The number of aromatic nitrogens is 3. The quantitative estimate of drug-likeness (QED) is 0.182. The summed E-state index contributed by atoms with van der Waals surface area (Å²) in [6.45, 7) is 18.6. The SMILES string of the molecule is CC(=O)OC1=C(n2cc(C(=N)N)c3c(N)ncnc32)OC2CO[Si](C(C)C)(C(C)C)O[Si](C(C)C)(C(C)C)OC12. The molecule has 4 rings (SSSR count). The second-order valence-corrected chi connectivity index (χ2v) is 20.6. The van der Waals surface area contributed by atoms with Crippen molar-refractivity contribution in [1.82, 2.24) is 14.5 Å². The predicted molar refractivity (Wildman–Crippen MR) is 157 cm³/mol. The Morgan fingerprint density at radius 3 is 2.20 bits per heavy atom. The summed E-state index contributed by atoms with van der Waals surface area (Å²) in [6.07, 6.45) is 1.50. The first-order valence-electron chi connectivity index (χ1n) is 13.7. The molecule has 40 heavy (non-hydrogen) atoms. The Morgan fingerprint density at radius 2 is 1.68 bits per heavy atom. The van der Waals surface area contributed by atoms with Crippen LogP contribution in [-0.4, -0.2) is 62.3 Å². The van der Waals surface area contributed by atoms with Crippen LogP contribution >= 0.6 is 0 Å². The molecule has 14 heteroatoms. The zero-order valence-electron chi connectivity index (χ0n) is 24.8. The molecule has 1 fully saturated rings. The summed E-state index contributed by atoms with van der Waals surface area (Å²) < 4.78 is 35.1. The highest BCUT2D eigenvalue weighted by Crippen LogP contribution is 2.49. The van der Waals surface area contributed by atoms with Gasteiger partial charge in [-0.15, -0.1) is 0 Å². The van der Waals surface area contributed by atoms with E-state index in [2.05, 4.69) is 65.4 Å². The van der Waals surface area contributed by atoms with E-state index >= 15 is 0 Å². The van der Waals surface area contributed by atoms with Crippen LogP contribution in [-0.2, 0) is 27.2 Å². The van der Waals surface area contributed by atoms with Crippen LogP contribution in [0.3, 0.4) is 0 Å². The first-order valence-corrected chi connectivity index (χ1v) is 17.7. The monoisotopic (exact) mass is 590 g/mol. The largest absolute Gasteiger partial charge is 0.467 e. The fraction of sp³-hybridized carbons (Fsp3) is 0.615. The maximum Gasteiger partial charge on any atom is 0.335 e. The Morgan fingerprint density at radius 1 is 1.07 bits per heavy atom. The van der Waals surface area contributed by atoms with E-state index in [-0.39, 0.29) is 52.1 Å². The summed E-state index contributed by atoms with van der Waals surface area (Å²) in [6, 6.07) is 0. The molecule has 2 unspecified atom stereocenters. The number of nitrogens with one attached hydrogen (secondary N) is 1. The molecule has 2 atom stereocenters. The molecule has 0 radical (unpaired) electrons. The normalized spacial score (nSPS) is 22.5. The number of anilines is 1. The predicted octanol–water partition coefficient (Wildman–Crippen LogP) is 4.34. The summed E-state index contributed by atoms with van der Waals surface area (Å²) in [7, 11) is -5.86. The molecule has 4 heterocycles. The Bertz CT molecular complexity index is 1320. The van der Waals surface area contributed by atoms with Crippen molar-refractivity contribution in [3.8, 4) is 0 Å². The van der Waals surface area contributed by atoms with Gasteiger partial charge in [-0.3, -0.25) is 14.8 Å². The number of esters is 1. The van der Waals surface area contributed by atoms with Gasteiger partial charge in [0, 0.05) is 18.7 Å². The van der Waals surface area contributed by atoms with E-state index in [1.54, 1.807) is 10.8 Å². The number of nitrogen functional groups attached to an aromatic ring is 2. The van der Waals surface area contributed by atoms with E-state index in [1.807, 2.05) is 0 Å². The lowest BCUT2D eigenvalue weighted by atomic mass is 10.2. The van der Waals surface area contributed by atoms with Gasteiger partial charge >= 0.3 is 23.1 Å². The molecule has 1 saturated heterocycles. The van der Waals surface area contributed by atoms with E-state index in [0.29, 0.717) is 16.6 Å². The zero-order chi connectivity index (χ0) is 29.7. The molecule has 0 bridgehead atoms. The average Bonchev–Trinajstić information content (AvgIpc) is 3.37. The van der Waals surface area contributed by atoms with Gasteiger partial charge in [-0.1, -0.05) is 55.4 Å². The van der Waals surface area contributed by atoms with Gasteiger partial charge < -0.3 is 33.9 Å². The lowest BCUT2D eigenvalue weighted by Crippen LogP contribution is -2.65. The minimum atomic E-state index is -3.04. The molecule has 2 aromatic rings. The van der Waals surface area contributed by atoms with Crippen molar-refractivity contribution in [3.63, 3.8) is 0 Å². The van der Waals surface area contributed by atoms with E-state index in [4.69, 9.17) is 39.3 Å². The third kappa shape index (κ3) is 4.85. The number of nitrogens with zero attached hydrogens (tertiary/aromatic N) is 3. The topological polar surface area (TPSA) is 170 Å². The minimum Gasteiger partial charge on any atom is -0.467 e. The molecule has 2 aliphatic rings. The molecule has 0 spiro atoms. The highest BCUT2D eigenvalue weighted by Gasteiger charge is 2.61. The van der Waals surface area contributed by atoms with Gasteiger partial charge in [0.25, 0.3) is 0 Å². The number of hydrogen-bond acceptors (Lipinski definition) is 10. The van der Waals surface area contributed by atoms with Gasteiger partial charge in [0.05, 0.1) is 12.0 Å². The van der Waals surface area contributed by atoms with Crippen molar-refractivity contribution in [3.05, 3.63) is 23.8 Å². The molecular weight excluding hydrogens is 548 g/mol. The summed E-state index contributed by atoms with van der Waals surface area (Å²) in [5.41, 5.74) is 13.2. The Labute approximate surface area is 237 Å². The molecule has 2 aliphatic heterocycles. The van der Waals surface area contributed by atoms with Crippen molar-refractivity contribution in [1.29, 1.82) is 5.41 Å². The third-order valence-corrected chi connectivity index (χ3v) is 18.0. The average molecular weight is 591 g/mol. The Balaban J connectivity index is 1.96. The number of ether oxygens (including phenoxy) is 2. The molecule has 2 aromatic heterocycles. The van der Waals surface area contributed by atoms with Crippen LogP contribution in [0.25, 0.3) is 16.9 Å². The van der Waals surface area contributed by atoms with Gasteiger partial charge in [0.2, 0.25) is 5.88 Å². The molecule has 220 valence electrons. The lowest BCUT2D eigenvalue weighted by molar-refractivity contribution is -0.138. The summed E-state index contributed by atoms with van der Waals surface area (Å²) in [5, 5.41) is 8.51. The van der Waals surface area contributed by atoms with Crippen LogP contribution in [0, 0.1) is 5.41 Å². The number of carbonyl (C=O) groups excluding carboxylic acids is 1. The number of fused-ring (bicyclic) bond motifs is 2. The first kappa shape index (κ1) is 30.2. The van der Waals surface area contributed by atoms with E-state index < -0.39 is 35.3 Å². The van der Waals surface area contributed by atoms with E-state index in [9.17, 15) is 4.79 Å². The number of carbonyl (C=O) groups is 1. The van der Waals surface area contributed by atoms with Crippen molar-refractivity contribution in [2.75, 3.05) is 12.3 Å². The van der Waals surface area contributed by atoms with Crippen molar-refractivity contribution in [2.45, 2.75) is 96.7 Å². The minimum absolute atomic E-state index is 0.0612. The molecule has 5 N–H and O–H groups in total. The fourth-order valence-electron chi connectivity index (χ4n) is 5.80. The van der Waals surface area contributed by atoms with Crippen LogP contribution in [0.5, 0.6) is 0 Å². The van der Waals surface area contributed by atoms with E-state index in [1.165, 1.54) is 13.3 Å². The highest BCUT2D eigenvalue weighted by molar-refractivity contribution is 6.84. The Hall–Kier alpha value is -2.79. The van der Waals surface area contributed by atoms with Crippen molar-refractivity contribution in [2.24, 2.45) is 5.73 Å². The third-order valence-electron chi connectivity index (χ3n) is 7.77. The smallest absolute Gasteiger partial charge is 0.335 e. The molecular formula is C26H42N6O6Si2. The summed E-state index contributed by atoms with van der Waals surface area (Å²) in [5.74, 6) is -0.196. The molecule has 0 aromatic carbocycles. The maximum atomic E-state index is 12.4. The second-order valence-electron chi connectivity index (χ2n) is 11.7. The van der Waals surface area contributed by atoms with E-state index in [0.717, 1.165) is 0 Å². The number of nitrogens with two attached hydrogens (primary N) is 2. The summed E-state index contributed by atoms with van der Waals surface area (Å²) in [4.78, 5) is 20.9. The van der Waals surface area contributed by atoms with Crippen LogP contribution in [0.4, 0.5) is 5.82 Å². The van der Waals surface area contributed by atoms with Gasteiger partial charge in [-0.2, -0.15) is 0 Å². The highest BCUT2D eigenvalue weighted by atomic mass is 28.5. The van der Waals surface area contributed by atoms with Crippen molar-refractivity contribution >= 4 is 51.7 Å². The van der Waals surface area contributed by atoms with Crippen LogP contribution in [0.15, 0.2) is 18.3 Å². The lowest BCUT2D eigenvalue weighted by Gasteiger charge is -2.51. The van der Waals surface area contributed by atoms with Gasteiger partial charge in [-0.25, -0.2) is 9.97 Å². The fourth-order valence-corrected chi connectivity index (χ4v) is 17.0. The number of rotatable bonds is 7. The Kier molecular flexibility index (Phi) is 8.22. The van der Waals surface area contributed by atoms with Crippen LogP contribution < -0.4 is 11.5 Å². The van der Waals surface area contributed by atoms with Gasteiger partial charge in [-0.05, 0) is 22.2 Å². The molecule has 0 saturated carbocycles. The molecule has 12 nitrogen and oxygen atoms in total. The second kappa shape index (κ2) is 10.9.